The van der Waals surface area contributed by atoms with Crippen molar-refractivity contribution in [3.05, 3.63) is 46.9 Å². The third-order valence-electron chi connectivity index (χ3n) is 3.33. The molecule has 0 radical (unpaired) electrons. The van der Waals surface area contributed by atoms with Crippen LogP contribution >= 0.6 is 11.3 Å². The van der Waals surface area contributed by atoms with E-state index in [9.17, 15) is 4.39 Å². The summed E-state index contributed by atoms with van der Waals surface area (Å²) < 4.78 is 16.1. The van der Waals surface area contributed by atoms with E-state index in [4.69, 9.17) is 5.84 Å². The molecular formula is C14H16FN5S. The summed E-state index contributed by atoms with van der Waals surface area (Å²) in [5.74, 6) is 5.50. The van der Waals surface area contributed by atoms with Crippen molar-refractivity contribution in [3.8, 4) is 0 Å². The lowest BCUT2D eigenvalue weighted by molar-refractivity contribution is 0.515. The number of halogens is 1. The Balaban J connectivity index is 2.03. The molecule has 0 spiro atoms. The molecule has 0 bridgehead atoms. The highest BCUT2D eigenvalue weighted by Gasteiger charge is 2.20. The number of rotatable bonds is 5. The maximum atomic E-state index is 13.3. The van der Waals surface area contributed by atoms with Crippen molar-refractivity contribution in [2.75, 3.05) is 0 Å². The Kier molecular flexibility index (Phi) is 3.96. The molecule has 5 nitrogen and oxygen atoms in total. The van der Waals surface area contributed by atoms with Crippen LogP contribution in [-0.4, -0.2) is 15.0 Å². The van der Waals surface area contributed by atoms with Gasteiger partial charge in [-0.05, 0) is 30.0 Å². The number of benzene rings is 1. The minimum absolute atomic E-state index is 0.202. The van der Waals surface area contributed by atoms with Crippen LogP contribution in [0.1, 0.15) is 30.0 Å². The van der Waals surface area contributed by atoms with Gasteiger partial charge in [0, 0.05) is 16.1 Å². The topological polar surface area (TPSA) is 68.8 Å². The SMILES string of the molecule is CCCn1nncc1C(NN)c1cc2ccc(F)cc2s1. The Hall–Kier alpha value is -1.83. The van der Waals surface area contributed by atoms with Crippen molar-refractivity contribution in [1.29, 1.82) is 0 Å². The number of thiophene rings is 1. The molecule has 7 heteroatoms. The standard InChI is InChI=1S/C14H16FN5S/c1-2-5-20-11(8-17-19-20)14(18-16)13-6-9-3-4-10(15)7-12(9)21-13/h3-4,6-8,14,18H,2,5,16H2,1H3. The Morgan fingerprint density at radius 2 is 2.29 bits per heavy atom. The molecule has 2 aromatic heterocycles. The number of hydrogen-bond donors (Lipinski definition) is 2. The van der Waals surface area contributed by atoms with Gasteiger partial charge in [0.05, 0.1) is 17.9 Å². The molecule has 0 aliphatic carbocycles. The van der Waals surface area contributed by atoms with Crippen LogP contribution in [0.2, 0.25) is 0 Å². The van der Waals surface area contributed by atoms with Crippen LogP contribution in [-0.2, 0) is 6.54 Å². The van der Waals surface area contributed by atoms with E-state index in [1.165, 1.54) is 17.4 Å². The van der Waals surface area contributed by atoms with Crippen molar-refractivity contribution in [1.82, 2.24) is 20.4 Å². The maximum absolute atomic E-state index is 13.3. The Bertz CT molecular complexity index is 751. The van der Waals surface area contributed by atoms with Crippen molar-refractivity contribution in [2.24, 2.45) is 5.84 Å². The Morgan fingerprint density at radius 1 is 1.43 bits per heavy atom. The lowest BCUT2D eigenvalue weighted by Gasteiger charge is -2.15. The number of fused-ring (bicyclic) bond motifs is 1. The number of hydrazine groups is 1. The summed E-state index contributed by atoms with van der Waals surface area (Å²) in [5, 5.41) is 9.05. The number of nitrogens with two attached hydrogens (primary N) is 1. The van der Waals surface area contributed by atoms with Gasteiger partial charge in [0.1, 0.15) is 5.82 Å². The zero-order valence-corrected chi connectivity index (χ0v) is 12.4. The highest BCUT2D eigenvalue weighted by Crippen LogP contribution is 2.33. The van der Waals surface area contributed by atoms with Crippen LogP contribution in [0.25, 0.3) is 10.1 Å². The van der Waals surface area contributed by atoms with E-state index in [0.29, 0.717) is 0 Å². The molecule has 3 aromatic rings. The summed E-state index contributed by atoms with van der Waals surface area (Å²) in [6, 6.07) is 6.60. The first-order valence-electron chi connectivity index (χ1n) is 6.76. The third-order valence-corrected chi connectivity index (χ3v) is 4.49. The summed E-state index contributed by atoms with van der Waals surface area (Å²) in [6.45, 7) is 2.87. The minimum Gasteiger partial charge on any atom is -0.270 e. The molecule has 3 rings (SSSR count). The van der Waals surface area contributed by atoms with Gasteiger partial charge < -0.3 is 0 Å². The summed E-state index contributed by atoms with van der Waals surface area (Å²) >= 11 is 1.52. The van der Waals surface area contributed by atoms with Gasteiger partial charge >= 0.3 is 0 Å². The van der Waals surface area contributed by atoms with Crippen LogP contribution in [0.15, 0.2) is 30.5 Å². The van der Waals surface area contributed by atoms with Gasteiger partial charge in [0.15, 0.2) is 0 Å². The first-order chi connectivity index (χ1) is 10.2. The molecule has 0 aliphatic rings. The van der Waals surface area contributed by atoms with E-state index < -0.39 is 0 Å². The molecule has 1 atom stereocenters. The van der Waals surface area contributed by atoms with Gasteiger partial charge in [-0.2, -0.15) is 0 Å². The molecule has 0 amide bonds. The number of aryl methyl sites for hydroxylation is 1. The van der Waals surface area contributed by atoms with Gasteiger partial charge in [-0.25, -0.2) is 14.5 Å². The molecule has 110 valence electrons. The van der Waals surface area contributed by atoms with Gasteiger partial charge in [0.2, 0.25) is 0 Å². The van der Waals surface area contributed by atoms with Gasteiger partial charge in [-0.1, -0.05) is 18.2 Å². The predicted octanol–water partition coefficient (Wildman–Crippen LogP) is 2.59. The van der Waals surface area contributed by atoms with Crippen LogP contribution < -0.4 is 11.3 Å². The summed E-state index contributed by atoms with van der Waals surface area (Å²) in [4.78, 5) is 1.01. The number of nitrogens with zero attached hydrogens (tertiary/aromatic N) is 3. The zero-order chi connectivity index (χ0) is 14.8. The lowest BCUT2D eigenvalue weighted by atomic mass is 10.1. The maximum Gasteiger partial charge on any atom is 0.124 e. The lowest BCUT2D eigenvalue weighted by Crippen LogP contribution is -2.30. The molecule has 21 heavy (non-hydrogen) atoms. The second-order valence-electron chi connectivity index (χ2n) is 4.81. The summed E-state index contributed by atoms with van der Waals surface area (Å²) in [6.07, 6.45) is 2.68. The molecule has 1 aromatic carbocycles. The zero-order valence-electron chi connectivity index (χ0n) is 11.6. The molecule has 0 fully saturated rings. The molecule has 0 saturated carbocycles. The predicted molar refractivity (Wildman–Crippen MR) is 81.3 cm³/mol. The average Bonchev–Trinajstić information content (AvgIpc) is 3.07. The second kappa shape index (κ2) is 5.88. The van der Waals surface area contributed by atoms with E-state index in [2.05, 4.69) is 22.7 Å². The fraction of sp³-hybridized carbons (Fsp3) is 0.286. The fourth-order valence-corrected chi connectivity index (χ4v) is 3.52. The van der Waals surface area contributed by atoms with Crippen molar-refractivity contribution in [2.45, 2.75) is 25.9 Å². The number of hydrogen-bond acceptors (Lipinski definition) is 5. The van der Waals surface area contributed by atoms with Crippen molar-refractivity contribution < 1.29 is 4.39 Å². The largest absolute Gasteiger partial charge is 0.270 e. The van der Waals surface area contributed by atoms with E-state index >= 15 is 0 Å². The molecule has 0 saturated heterocycles. The number of nitrogens with one attached hydrogen (secondary N) is 1. The quantitative estimate of drug-likeness (QED) is 0.561. The third kappa shape index (κ3) is 2.67. The molecular weight excluding hydrogens is 289 g/mol. The van der Waals surface area contributed by atoms with Crippen LogP contribution in [0.4, 0.5) is 4.39 Å². The van der Waals surface area contributed by atoms with Crippen LogP contribution in [0, 0.1) is 5.82 Å². The molecule has 3 N–H and O–H groups in total. The number of aromatic nitrogens is 3. The summed E-state index contributed by atoms with van der Waals surface area (Å²) in [5.41, 5.74) is 3.72. The highest BCUT2D eigenvalue weighted by molar-refractivity contribution is 7.19. The van der Waals surface area contributed by atoms with Gasteiger partial charge in [0.25, 0.3) is 0 Å². The fourth-order valence-electron chi connectivity index (χ4n) is 2.36. The van der Waals surface area contributed by atoms with Crippen LogP contribution in [0.5, 0.6) is 0 Å². The van der Waals surface area contributed by atoms with E-state index in [0.717, 1.165) is 33.6 Å². The van der Waals surface area contributed by atoms with Gasteiger partial charge in [-0.15, -0.1) is 16.4 Å². The highest BCUT2D eigenvalue weighted by atomic mass is 32.1. The van der Waals surface area contributed by atoms with Crippen molar-refractivity contribution >= 4 is 21.4 Å². The molecule has 0 aliphatic heterocycles. The average molecular weight is 305 g/mol. The first-order valence-corrected chi connectivity index (χ1v) is 7.58. The molecule has 2 heterocycles. The monoisotopic (exact) mass is 305 g/mol. The normalized spacial score (nSPS) is 12.9. The minimum atomic E-state index is -0.231. The summed E-state index contributed by atoms with van der Waals surface area (Å²) in [7, 11) is 0. The second-order valence-corrected chi connectivity index (χ2v) is 5.93. The van der Waals surface area contributed by atoms with Gasteiger partial charge in [-0.3, -0.25) is 5.84 Å². The van der Waals surface area contributed by atoms with E-state index in [1.807, 2.05) is 10.7 Å². The smallest absolute Gasteiger partial charge is 0.124 e. The van der Waals surface area contributed by atoms with E-state index in [1.54, 1.807) is 18.3 Å². The van der Waals surface area contributed by atoms with Crippen molar-refractivity contribution in [3.63, 3.8) is 0 Å². The first kappa shape index (κ1) is 14.1. The molecule has 1 unspecified atom stereocenters. The van der Waals surface area contributed by atoms with E-state index in [-0.39, 0.29) is 11.9 Å². The Labute approximate surface area is 125 Å². The Morgan fingerprint density at radius 3 is 3.05 bits per heavy atom. The van der Waals surface area contributed by atoms with Crippen LogP contribution in [0.3, 0.4) is 0 Å².